The van der Waals surface area contributed by atoms with Crippen LogP contribution in [0.5, 0.6) is 11.5 Å². The lowest BCUT2D eigenvalue weighted by molar-refractivity contribution is -0.137. The predicted octanol–water partition coefficient (Wildman–Crippen LogP) is 5.10. The summed E-state index contributed by atoms with van der Waals surface area (Å²) in [6, 6.07) is 6.23. The molecule has 0 spiro atoms. The van der Waals surface area contributed by atoms with Crippen molar-refractivity contribution in [2.75, 3.05) is 0 Å². The van der Waals surface area contributed by atoms with E-state index in [-0.39, 0.29) is 17.1 Å². The minimum Gasteiger partial charge on any atom is -0.454 e. The van der Waals surface area contributed by atoms with E-state index in [1.54, 1.807) is 0 Å². The highest BCUT2D eigenvalue weighted by atomic mass is 35.5. The van der Waals surface area contributed by atoms with Crippen molar-refractivity contribution in [1.82, 2.24) is 0 Å². The molecular formula is C14H7ClF4O2. The Balaban J connectivity index is 2.34. The topological polar surface area (TPSA) is 26.3 Å². The number of benzene rings is 2. The monoisotopic (exact) mass is 318 g/mol. The summed E-state index contributed by atoms with van der Waals surface area (Å²) in [4.78, 5) is 10.5. The van der Waals surface area contributed by atoms with Gasteiger partial charge in [0.25, 0.3) is 0 Å². The van der Waals surface area contributed by atoms with E-state index in [9.17, 15) is 22.4 Å². The number of hydrogen-bond donors (Lipinski definition) is 0. The summed E-state index contributed by atoms with van der Waals surface area (Å²) in [5, 5.41) is -0.480. The Labute approximate surface area is 121 Å². The van der Waals surface area contributed by atoms with E-state index >= 15 is 0 Å². The van der Waals surface area contributed by atoms with E-state index in [2.05, 4.69) is 0 Å². The van der Waals surface area contributed by atoms with E-state index in [1.807, 2.05) is 0 Å². The Morgan fingerprint density at radius 1 is 1.10 bits per heavy atom. The number of aldehydes is 1. The molecule has 0 aliphatic heterocycles. The van der Waals surface area contributed by atoms with Gasteiger partial charge in [0.05, 0.1) is 10.6 Å². The van der Waals surface area contributed by atoms with Crippen molar-refractivity contribution in [3.8, 4) is 11.5 Å². The van der Waals surface area contributed by atoms with Crippen molar-refractivity contribution in [3.05, 3.63) is 58.4 Å². The standard InChI is InChI=1S/C14H7ClF4O2/c15-11-3-2-9(6-10(11)14(17,18)19)21-13-4-1-8(7-20)5-12(13)16/h1-7H. The molecule has 0 N–H and O–H groups in total. The summed E-state index contributed by atoms with van der Waals surface area (Å²) in [5.74, 6) is -1.37. The number of carbonyl (C=O) groups excluding carboxylic acids is 1. The molecule has 110 valence electrons. The van der Waals surface area contributed by atoms with Crippen LogP contribution >= 0.6 is 11.6 Å². The Morgan fingerprint density at radius 2 is 1.81 bits per heavy atom. The highest BCUT2D eigenvalue weighted by Crippen LogP contribution is 2.37. The number of carbonyl (C=O) groups is 1. The Bertz CT molecular complexity index is 683. The maximum atomic E-state index is 13.6. The largest absolute Gasteiger partial charge is 0.454 e. The van der Waals surface area contributed by atoms with Gasteiger partial charge in [0.1, 0.15) is 12.0 Å². The van der Waals surface area contributed by atoms with Gasteiger partial charge in [-0.05, 0) is 36.4 Å². The molecule has 2 aromatic carbocycles. The fourth-order valence-corrected chi connectivity index (χ4v) is 1.81. The summed E-state index contributed by atoms with van der Waals surface area (Å²) >= 11 is 5.47. The third-order valence-corrected chi connectivity index (χ3v) is 2.89. The van der Waals surface area contributed by atoms with Crippen molar-refractivity contribution in [2.24, 2.45) is 0 Å². The van der Waals surface area contributed by atoms with E-state index in [1.165, 1.54) is 12.1 Å². The zero-order valence-corrected chi connectivity index (χ0v) is 11.0. The molecule has 21 heavy (non-hydrogen) atoms. The summed E-state index contributed by atoms with van der Waals surface area (Å²) < 4.78 is 56.7. The van der Waals surface area contributed by atoms with Crippen LogP contribution in [0.1, 0.15) is 15.9 Å². The second-order valence-corrected chi connectivity index (χ2v) is 4.46. The molecule has 0 aliphatic carbocycles. The van der Waals surface area contributed by atoms with Crippen molar-refractivity contribution < 1.29 is 27.1 Å². The smallest absolute Gasteiger partial charge is 0.417 e. The van der Waals surface area contributed by atoms with Gasteiger partial charge in [0, 0.05) is 5.56 Å². The maximum absolute atomic E-state index is 13.6. The van der Waals surface area contributed by atoms with Crippen LogP contribution < -0.4 is 4.74 Å². The first-order valence-corrected chi connectivity index (χ1v) is 5.98. The molecule has 0 radical (unpaired) electrons. The molecule has 2 rings (SSSR count). The number of halogens is 5. The molecule has 2 nitrogen and oxygen atoms in total. The van der Waals surface area contributed by atoms with Crippen LogP contribution in [0.4, 0.5) is 17.6 Å². The molecule has 0 aromatic heterocycles. The molecule has 2 aromatic rings. The first-order chi connectivity index (χ1) is 9.81. The van der Waals surface area contributed by atoms with Gasteiger partial charge in [-0.15, -0.1) is 0 Å². The lowest BCUT2D eigenvalue weighted by Crippen LogP contribution is -2.06. The molecule has 0 unspecified atom stereocenters. The second kappa shape index (κ2) is 5.73. The molecule has 0 amide bonds. The molecule has 7 heteroatoms. The molecule has 0 aliphatic rings. The Morgan fingerprint density at radius 3 is 2.38 bits per heavy atom. The predicted molar refractivity (Wildman–Crippen MR) is 68.3 cm³/mol. The Hall–Kier alpha value is -2.08. The van der Waals surface area contributed by atoms with E-state index in [0.717, 1.165) is 18.2 Å². The summed E-state index contributed by atoms with van der Waals surface area (Å²) in [5.41, 5.74) is -0.987. The molecular weight excluding hydrogens is 312 g/mol. The van der Waals surface area contributed by atoms with Crippen molar-refractivity contribution in [2.45, 2.75) is 6.18 Å². The highest BCUT2D eigenvalue weighted by Gasteiger charge is 2.33. The first-order valence-electron chi connectivity index (χ1n) is 5.60. The molecule has 0 atom stereocenters. The third kappa shape index (κ3) is 3.52. The molecule has 0 saturated carbocycles. The summed E-state index contributed by atoms with van der Waals surface area (Å²) in [6.45, 7) is 0. The normalized spacial score (nSPS) is 11.3. The number of alkyl halides is 3. The van der Waals surface area contributed by atoms with E-state index in [0.29, 0.717) is 12.4 Å². The zero-order valence-electron chi connectivity index (χ0n) is 10.2. The molecule has 0 heterocycles. The van der Waals surface area contributed by atoms with Gasteiger partial charge in [-0.2, -0.15) is 13.2 Å². The van der Waals surface area contributed by atoms with Crippen LogP contribution in [0.3, 0.4) is 0 Å². The van der Waals surface area contributed by atoms with E-state index in [4.69, 9.17) is 16.3 Å². The van der Waals surface area contributed by atoms with Crippen LogP contribution in [0, 0.1) is 5.82 Å². The Kier molecular flexibility index (Phi) is 4.18. The number of hydrogen-bond acceptors (Lipinski definition) is 2. The van der Waals surface area contributed by atoms with Gasteiger partial charge in [0.15, 0.2) is 11.6 Å². The number of rotatable bonds is 3. The minimum atomic E-state index is -4.64. The van der Waals surface area contributed by atoms with Crippen molar-refractivity contribution >= 4 is 17.9 Å². The van der Waals surface area contributed by atoms with Crippen LogP contribution in [0.25, 0.3) is 0 Å². The van der Waals surface area contributed by atoms with Crippen LogP contribution in [0.15, 0.2) is 36.4 Å². The lowest BCUT2D eigenvalue weighted by atomic mass is 10.2. The first kappa shape index (κ1) is 15.3. The minimum absolute atomic E-state index is 0.0898. The average molecular weight is 319 g/mol. The van der Waals surface area contributed by atoms with Gasteiger partial charge in [-0.1, -0.05) is 11.6 Å². The highest BCUT2D eigenvalue weighted by molar-refractivity contribution is 6.31. The quantitative estimate of drug-likeness (QED) is 0.581. The average Bonchev–Trinajstić information content (AvgIpc) is 2.41. The number of ether oxygens (including phenoxy) is 1. The third-order valence-electron chi connectivity index (χ3n) is 2.56. The van der Waals surface area contributed by atoms with Crippen LogP contribution in [-0.4, -0.2) is 6.29 Å². The van der Waals surface area contributed by atoms with Crippen LogP contribution in [0.2, 0.25) is 5.02 Å². The van der Waals surface area contributed by atoms with Gasteiger partial charge < -0.3 is 4.74 Å². The van der Waals surface area contributed by atoms with Gasteiger partial charge in [-0.3, -0.25) is 4.79 Å². The van der Waals surface area contributed by atoms with Gasteiger partial charge >= 0.3 is 6.18 Å². The fraction of sp³-hybridized carbons (Fsp3) is 0.0714. The molecule has 0 fully saturated rings. The van der Waals surface area contributed by atoms with Crippen LogP contribution in [-0.2, 0) is 6.18 Å². The summed E-state index contributed by atoms with van der Waals surface area (Å²) in [6.07, 6.45) is -4.20. The van der Waals surface area contributed by atoms with Crippen molar-refractivity contribution in [1.29, 1.82) is 0 Å². The SMILES string of the molecule is O=Cc1ccc(Oc2ccc(Cl)c(C(F)(F)F)c2)c(F)c1. The zero-order chi connectivity index (χ0) is 15.6. The maximum Gasteiger partial charge on any atom is 0.417 e. The van der Waals surface area contributed by atoms with Crippen molar-refractivity contribution in [3.63, 3.8) is 0 Å². The molecule has 0 saturated heterocycles. The lowest BCUT2D eigenvalue weighted by Gasteiger charge is -2.12. The summed E-state index contributed by atoms with van der Waals surface area (Å²) in [7, 11) is 0. The fourth-order valence-electron chi connectivity index (χ4n) is 1.59. The van der Waals surface area contributed by atoms with E-state index < -0.39 is 22.6 Å². The van der Waals surface area contributed by atoms with Gasteiger partial charge in [0.2, 0.25) is 0 Å². The molecule has 0 bridgehead atoms. The second-order valence-electron chi connectivity index (χ2n) is 4.05. The van der Waals surface area contributed by atoms with Gasteiger partial charge in [-0.25, -0.2) is 4.39 Å².